The molecule has 0 heterocycles. The van der Waals surface area contributed by atoms with Gasteiger partial charge in [-0.3, -0.25) is 0 Å². The van der Waals surface area contributed by atoms with E-state index in [0.29, 0.717) is 11.5 Å². The summed E-state index contributed by atoms with van der Waals surface area (Å²) in [7, 11) is -3.57. The zero-order valence-corrected chi connectivity index (χ0v) is 12.3. The van der Waals surface area contributed by atoms with E-state index in [9.17, 15) is 8.42 Å². The number of rotatable bonds is 5. The standard InChI is InChI=1S/C15H19NO3S/c1-12(11-13-8-9-13)16-20(18,19)15-7-3-2-5-14(15)6-4-10-17/h2-3,5,7,12-13,16-17H,8-11H2,1H3. The summed E-state index contributed by atoms with van der Waals surface area (Å²) in [6.07, 6.45) is 3.28. The van der Waals surface area contributed by atoms with Crippen molar-refractivity contribution in [2.75, 3.05) is 6.61 Å². The first kappa shape index (κ1) is 15.0. The summed E-state index contributed by atoms with van der Waals surface area (Å²) in [6.45, 7) is 1.60. The molecule has 1 saturated carbocycles. The van der Waals surface area contributed by atoms with Crippen LogP contribution in [0.1, 0.15) is 31.7 Å². The third-order valence-electron chi connectivity index (χ3n) is 3.22. The predicted octanol–water partition coefficient (Wildman–Crippen LogP) is 1.50. The Balaban J connectivity index is 2.19. The lowest BCUT2D eigenvalue weighted by Gasteiger charge is -2.14. The Morgan fingerprint density at radius 2 is 2.10 bits per heavy atom. The smallest absolute Gasteiger partial charge is 0.242 e. The van der Waals surface area contributed by atoms with E-state index < -0.39 is 10.0 Å². The normalized spacial score (nSPS) is 16.3. The van der Waals surface area contributed by atoms with Crippen molar-refractivity contribution in [1.29, 1.82) is 0 Å². The number of hydrogen-bond acceptors (Lipinski definition) is 3. The summed E-state index contributed by atoms with van der Waals surface area (Å²) >= 11 is 0. The maximum absolute atomic E-state index is 12.4. The highest BCUT2D eigenvalue weighted by molar-refractivity contribution is 7.89. The summed E-state index contributed by atoms with van der Waals surface area (Å²) in [4.78, 5) is 0.170. The molecule has 1 unspecified atom stereocenters. The largest absolute Gasteiger partial charge is 0.384 e. The molecule has 0 radical (unpaired) electrons. The van der Waals surface area contributed by atoms with Crippen molar-refractivity contribution in [2.45, 2.75) is 37.1 Å². The first-order valence-electron chi connectivity index (χ1n) is 6.74. The van der Waals surface area contributed by atoms with Crippen LogP contribution in [0.4, 0.5) is 0 Å². The Morgan fingerprint density at radius 1 is 1.40 bits per heavy atom. The number of aliphatic hydroxyl groups excluding tert-OH is 1. The van der Waals surface area contributed by atoms with Crippen LogP contribution in [0.25, 0.3) is 0 Å². The molecule has 0 bridgehead atoms. The third kappa shape index (κ3) is 4.07. The first-order valence-corrected chi connectivity index (χ1v) is 8.22. The summed E-state index contributed by atoms with van der Waals surface area (Å²) in [5.74, 6) is 5.83. The van der Waals surface area contributed by atoms with Gasteiger partial charge in [0.25, 0.3) is 0 Å². The van der Waals surface area contributed by atoms with E-state index in [4.69, 9.17) is 5.11 Å². The van der Waals surface area contributed by atoms with Gasteiger partial charge in [0, 0.05) is 11.6 Å². The SMILES string of the molecule is CC(CC1CC1)NS(=O)(=O)c1ccccc1C#CCO. The van der Waals surface area contributed by atoms with Crippen LogP contribution in [0.2, 0.25) is 0 Å². The topological polar surface area (TPSA) is 66.4 Å². The highest BCUT2D eigenvalue weighted by Gasteiger charge is 2.26. The number of sulfonamides is 1. The monoisotopic (exact) mass is 293 g/mol. The summed E-state index contributed by atoms with van der Waals surface area (Å²) in [5, 5.41) is 8.73. The molecule has 0 aromatic heterocycles. The second-order valence-corrected chi connectivity index (χ2v) is 6.84. The molecular weight excluding hydrogens is 274 g/mol. The van der Waals surface area contributed by atoms with Crippen molar-refractivity contribution >= 4 is 10.0 Å². The van der Waals surface area contributed by atoms with Gasteiger partial charge in [-0.2, -0.15) is 0 Å². The minimum Gasteiger partial charge on any atom is -0.384 e. The summed E-state index contributed by atoms with van der Waals surface area (Å²) in [6, 6.07) is 6.50. The molecule has 4 nitrogen and oxygen atoms in total. The first-order chi connectivity index (χ1) is 9.53. The van der Waals surface area contributed by atoms with E-state index in [2.05, 4.69) is 16.6 Å². The number of aliphatic hydroxyl groups is 1. The van der Waals surface area contributed by atoms with E-state index in [1.54, 1.807) is 18.2 Å². The lowest BCUT2D eigenvalue weighted by Crippen LogP contribution is -2.33. The van der Waals surface area contributed by atoms with Crippen LogP contribution in [0, 0.1) is 17.8 Å². The minimum atomic E-state index is -3.57. The molecule has 2 N–H and O–H groups in total. The number of hydrogen-bond donors (Lipinski definition) is 2. The molecule has 2 rings (SSSR count). The molecule has 1 atom stereocenters. The molecule has 1 aliphatic carbocycles. The summed E-state index contributed by atoms with van der Waals surface area (Å²) in [5.41, 5.74) is 0.410. The van der Waals surface area contributed by atoms with Crippen LogP contribution in [-0.2, 0) is 10.0 Å². The van der Waals surface area contributed by atoms with E-state index in [1.807, 2.05) is 6.92 Å². The van der Waals surface area contributed by atoms with Crippen LogP contribution in [0.15, 0.2) is 29.2 Å². The second-order valence-electron chi connectivity index (χ2n) is 5.16. The maximum Gasteiger partial charge on any atom is 0.242 e. The van der Waals surface area contributed by atoms with Gasteiger partial charge in [0.15, 0.2) is 0 Å². The van der Waals surface area contributed by atoms with Crippen molar-refractivity contribution in [3.05, 3.63) is 29.8 Å². The van der Waals surface area contributed by atoms with Gasteiger partial charge in [0.2, 0.25) is 10.0 Å². The molecule has 1 aromatic rings. The number of nitrogens with one attached hydrogen (secondary N) is 1. The molecule has 1 aliphatic rings. The predicted molar refractivity (Wildman–Crippen MR) is 77.5 cm³/mol. The molecule has 0 saturated heterocycles. The summed E-state index contributed by atoms with van der Waals surface area (Å²) < 4.78 is 27.5. The fraction of sp³-hybridized carbons (Fsp3) is 0.467. The van der Waals surface area contributed by atoms with Gasteiger partial charge in [0.05, 0.1) is 4.90 Å². The van der Waals surface area contributed by atoms with Crippen LogP contribution < -0.4 is 4.72 Å². The molecule has 20 heavy (non-hydrogen) atoms. The molecule has 0 aliphatic heterocycles. The van der Waals surface area contributed by atoms with Crippen molar-refractivity contribution in [1.82, 2.24) is 4.72 Å². The Labute approximate surface area is 120 Å². The van der Waals surface area contributed by atoms with Gasteiger partial charge in [-0.1, -0.05) is 36.8 Å². The van der Waals surface area contributed by atoms with E-state index in [-0.39, 0.29) is 17.5 Å². The zero-order chi connectivity index (χ0) is 14.6. The van der Waals surface area contributed by atoms with E-state index in [1.165, 1.54) is 18.9 Å². The van der Waals surface area contributed by atoms with E-state index >= 15 is 0 Å². The van der Waals surface area contributed by atoms with Gasteiger partial charge in [-0.25, -0.2) is 13.1 Å². The Hall–Kier alpha value is -1.35. The zero-order valence-electron chi connectivity index (χ0n) is 11.5. The van der Waals surface area contributed by atoms with Crippen molar-refractivity contribution < 1.29 is 13.5 Å². The van der Waals surface area contributed by atoms with Gasteiger partial charge in [0.1, 0.15) is 6.61 Å². The average molecular weight is 293 g/mol. The van der Waals surface area contributed by atoms with E-state index in [0.717, 1.165) is 6.42 Å². The molecule has 108 valence electrons. The molecule has 0 spiro atoms. The van der Waals surface area contributed by atoms with Crippen LogP contribution >= 0.6 is 0 Å². The highest BCUT2D eigenvalue weighted by Crippen LogP contribution is 2.33. The Kier molecular flexibility index (Phi) is 4.81. The van der Waals surface area contributed by atoms with Gasteiger partial charge in [-0.15, -0.1) is 0 Å². The maximum atomic E-state index is 12.4. The third-order valence-corrected chi connectivity index (χ3v) is 4.87. The number of benzene rings is 1. The molecule has 1 fully saturated rings. The molecular formula is C15H19NO3S. The Bertz CT molecular complexity index is 624. The van der Waals surface area contributed by atoms with Crippen LogP contribution in [0.5, 0.6) is 0 Å². The second kappa shape index (κ2) is 6.40. The molecule has 0 amide bonds. The average Bonchev–Trinajstić information content (AvgIpc) is 3.19. The molecule has 1 aromatic carbocycles. The van der Waals surface area contributed by atoms with Crippen molar-refractivity contribution in [3.63, 3.8) is 0 Å². The Morgan fingerprint density at radius 3 is 2.75 bits per heavy atom. The quantitative estimate of drug-likeness (QED) is 0.809. The van der Waals surface area contributed by atoms with Gasteiger partial charge in [-0.05, 0) is 31.4 Å². The van der Waals surface area contributed by atoms with Crippen molar-refractivity contribution in [2.24, 2.45) is 5.92 Å². The fourth-order valence-corrected chi connectivity index (χ4v) is 3.59. The van der Waals surface area contributed by atoms with Gasteiger partial charge < -0.3 is 5.11 Å². The lowest BCUT2D eigenvalue weighted by atomic mass is 10.2. The highest BCUT2D eigenvalue weighted by atomic mass is 32.2. The van der Waals surface area contributed by atoms with Crippen LogP contribution in [0.3, 0.4) is 0 Å². The fourth-order valence-electron chi connectivity index (χ4n) is 2.17. The van der Waals surface area contributed by atoms with Crippen molar-refractivity contribution in [3.8, 4) is 11.8 Å². The lowest BCUT2D eigenvalue weighted by molar-refractivity contribution is 0.350. The minimum absolute atomic E-state index is 0.0774. The van der Waals surface area contributed by atoms with Crippen LogP contribution in [-0.4, -0.2) is 26.2 Å². The molecule has 5 heteroatoms. The van der Waals surface area contributed by atoms with Gasteiger partial charge >= 0.3 is 0 Å².